The van der Waals surface area contributed by atoms with Crippen LogP contribution >= 0.6 is 0 Å². The number of hydrogen-bond acceptors (Lipinski definition) is 2. The summed E-state index contributed by atoms with van der Waals surface area (Å²) in [5.74, 6) is 0.774. The van der Waals surface area contributed by atoms with Gasteiger partial charge in [-0.25, -0.2) is 0 Å². The Balaban J connectivity index is 1.85. The van der Waals surface area contributed by atoms with Crippen molar-refractivity contribution in [1.29, 1.82) is 0 Å². The zero-order valence-corrected chi connectivity index (χ0v) is 13.2. The fraction of sp³-hybridized carbons (Fsp3) is 0.667. The van der Waals surface area contributed by atoms with Gasteiger partial charge in [-0.05, 0) is 54.7 Å². The Kier molecular flexibility index (Phi) is 5.22. The number of ether oxygens (including phenoxy) is 1. The molecule has 1 saturated carbocycles. The van der Waals surface area contributed by atoms with Gasteiger partial charge in [-0.2, -0.15) is 0 Å². The second kappa shape index (κ2) is 6.73. The largest absolute Gasteiger partial charge is 0.374 e. The molecule has 2 heteroatoms. The highest BCUT2D eigenvalue weighted by Gasteiger charge is 2.32. The van der Waals surface area contributed by atoms with Gasteiger partial charge in [-0.1, -0.05) is 45.0 Å². The van der Waals surface area contributed by atoms with Gasteiger partial charge in [0.05, 0.1) is 12.7 Å². The molecule has 1 aromatic rings. The van der Waals surface area contributed by atoms with Crippen LogP contribution in [0.1, 0.15) is 51.2 Å². The van der Waals surface area contributed by atoms with Crippen LogP contribution in [0.2, 0.25) is 0 Å². The highest BCUT2D eigenvalue weighted by molar-refractivity contribution is 5.22. The Morgan fingerprint density at radius 2 is 1.80 bits per heavy atom. The molecule has 2 nitrogen and oxygen atoms in total. The Hall–Kier alpha value is -0.860. The SMILES string of the molecule is CC1CC(OCc2ccc(CCN)cc2)CC(C)(C)C1. The molecule has 0 heterocycles. The van der Waals surface area contributed by atoms with Gasteiger partial charge in [0.1, 0.15) is 0 Å². The molecule has 1 fully saturated rings. The van der Waals surface area contributed by atoms with Crippen LogP contribution in [0, 0.1) is 11.3 Å². The van der Waals surface area contributed by atoms with Crippen molar-refractivity contribution in [1.82, 2.24) is 0 Å². The molecule has 1 aromatic carbocycles. The molecule has 0 radical (unpaired) electrons. The van der Waals surface area contributed by atoms with E-state index in [9.17, 15) is 0 Å². The maximum absolute atomic E-state index is 6.15. The van der Waals surface area contributed by atoms with Gasteiger partial charge in [0.15, 0.2) is 0 Å². The Bertz CT molecular complexity index is 410. The fourth-order valence-corrected chi connectivity index (χ4v) is 3.57. The van der Waals surface area contributed by atoms with Gasteiger partial charge in [-0.15, -0.1) is 0 Å². The van der Waals surface area contributed by atoms with Crippen molar-refractivity contribution >= 4 is 0 Å². The molecular weight excluding hydrogens is 246 g/mol. The van der Waals surface area contributed by atoms with Crippen molar-refractivity contribution in [2.75, 3.05) is 6.54 Å². The predicted octanol–water partition coefficient (Wildman–Crippen LogP) is 3.92. The maximum Gasteiger partial charge on any atom is 0.0720 e. The summed E-state index contributed by atoms with van der Waals surface area (Å²) < 4.78 is 6.15. The van der Waals surface area contributed by atoms with Gasteiger partial charge >= 0.3 is 0 Å². The molecule has 0 bridgehead atoms. The highest BCUT2D eigenvalue weighted by atomic mass is 16.5. The lowest BCUT2D eigenvalue weighted by Gasteiger charge is -2.38. The lowest BCUT2D eigenvalue weighted by molar-refractivity contribution is -0.0316. The summed E-state index contributed by atoms with van der Waals surface area (Å²) in [6.07, 6.45) is 5.07. The Morgan fingerprint density at radius 3 is 2.40 bits per heavy atom. The van der Waals surface area contributed by atoms with Crippen molar-refractivity contribution in [2.45, 2.75) is 59.2 Å². The summed E-state index contributed by atoms with van der Waals surface area (Å²) in [5, 5.41) is 0. The van der Waals surface area contributed by atoms with E-state index in [2.05, 4.69) is 45.0 Å². The summed E-state index contributed by atoms with van der Waals surface area (Å²) >= 11 is 0. The van der Waals surface area contributed by atoms with Crippen LogP contribution in [0.25, 0.3) is 0 Å². The van der Waals surface area contributed by atoms with Crippen LogP contribution < -0.4 is 5.73 Å². The molecule has 2 N–H and O–H groups in total. The minimum absolute atomic E-state index is 0.414. The number of benzene rings is 1. The van der Waals surface area contributed by atoms with Gasteiger partial charge in [-0.3, -0.25) is 0 Å². The first-order valence-electron chi connectivity index (χ1n) is 7.88. The van der Waals surface area contributed by atoms with Crippen LogP contribution in [0.15, 0.2) is 24.3 Å². The minimum Gasteiger partial charge on any atom is -0.374 e. The molecule has 0 aliphatic heterocycles. The van der Waals surface area contributed by atoms with E-state index >= 15 is 0 Å². The van der Waals surface area contributed by atoms with Crippen molar-refractivity contribution < 1.29 is 4.74 Å². The van der Waals surface area contributed by atoms with Crippen LogP contribution in [0.5, 0.6) is 0 Å². The third-order valence-electron chi connectivity index (χ3n) is 4.29. The van der Waals surface area contributed by atoms with Gasteiger partial charge < -0.3 is 10.5 Å². The van der Waals surface area contributed by atoms with Crippen molar-refractivity contribution in [2.24, 2.45) is 17.1 Å². The molecule has 2 rings (SSSR count). The lowest BCUT2D eigenvalue weighted by atomic mass is 9.71. The third-order valence-corrected chi connectivity index (χ3v) is 4.29. The van der Waals surface area contributed by atoms with Crippen molar-refractivity contribution in [3.8, 4) is 0 Å². The fourth-order valence-electron chi connectivity index (χ4n) is 3.57. The lowest BCUT2D eigenvalue weighted by Crippen LogP contribution is -2.32. The van der Waals surface area contributed by atoms with E-state index in [1.54, 1.807) is 0 Å². The van der Waals surface area contributed by atoms with E-state index in [0.29, 0.717) is 18.1 Å². The second-order valence-electron chi connectivity index (χ2n) is 7.20. The quantitative estimate of drug-likeness (QED) is 0.884. The monoisotopic (exact) mass is 275 g/mol. The van der Waals surface area contributed by atoms with E-state index in [-0.39, 0.29) is 0 Å². The summed E-state index contributed by atoms with van der Waals surface area (Å²) in [5.41, 5.74) is 8.57. The van der Waals surface area contributed by atoms with Gasteiger partial charge in [0, 0.05) is 0 Å². The molecule has 2 unspecified atom stereocenters. The van der Waals surface area contributed by atoms with Gasteiger partial charge in [0.2, 0.25) is 0 Å². The zero-order valence-electron chi connectivity index (χ0n) is 13.2. The van der Waals surface area contributed by atoms with Crippen LogP contribution in [0.4, 0.5) is 0 Å². The number of rotatable bonds is 5. The standard InChI is InChI=1S/C18H29NO/c1-14-10-17(12-18(2,3)11-14)20-13-16-6-4-15(5-7-16)8-9-19/h4-7,14,17H,8-13,19H2,1-3H3. The minimum atomic E-state index is 0.414. The van der Waals surface area contributed by atoms with E-state index < -0.39 is 0 Å². The normalized spacial score (nSPS) is 25.6. The molecule has 2 atom stereocenters. The first-order chi connectivity index (χ1) is 9.48. The third kappa shape index (κ3) is 4.60. The molecular formula is C18H29NO. The second-order valence-corrected chi connectivity index (χ2v) is 7.20. The molecule has 1 aliphatic carbocycles. The van der Waals surface area contributed by atoms with Crippen LogP contribution in [-0.4, -0.2) is 12.6 Å². The van der Waals surface area contributed by atoms with E-state index in [1.807, 2.05) is 0 Å². The topological polar surface area (TPSA) is 35.2 Å². The first-order valence-corrected chi connectivity index (χ1v) is 7.88. The van der Waals surface area contributed by atoms with Crippen LogP contribution in [-0.2, 0) is 17.8 Å². The molecule has 112 valence electrons. The zero-order chi connectivity index (χ0) is 14.6. The van der Waals surface area contributed by atoms with E-state index in [0.717, 1.165) is 18.9 Å². The highest BCUT2D eigenvalue weighted by Crippen LogP contribution is 2.39. The number of nitrogens with two attached hydrogens (primary N) is 1. The molecule has 0 aromatic heterocycles. The van der Waals surface area contributed by atoms with Crippen molar-refractivity contribution in [3.63, 3.8) is 0 Å². The summed E-state index contributed by atoms with van der Waals surface area (Å²) in [6.45, 7) is 8.52. The maximum atomic E-state index is 6.15. The van der Waals surface area contributed by atoms with Gasteiger partial charge in [0.25, 0.3) is 0 Å². The molecule has 20 heavy (non-hydrogen) atoms. The summed E-state index contributed by atoms with van der Waals surface area (Å²) in [7, 11) is 0. The summed E-state index contributed by atoms with van der Waals surface area (Å²) in [6, 6.07) is 8.67. The average molecular weight is 275 g/mol. The first kappa shape index (κ1) is 15.5. The van der Waals surface area contributed by atoms with Crippen molar-refractivity contribution in [3.05, 3.63) is 35.4 Å². The van der Waals surface area contributed by atoms with E-state index in [4.69, 9.17) is 10.5 Å². The molecule has 0 spiro atoms. The smallest absolute Gasteiger partial charge is 0.0720 e. The Morgan fingerprint density at radius 1 is 1.15 bits per heavy atom. The predicted molar refractivity (Wildman–Crippen MR) is 84.6 cm³/mol. The summed E-state index contributed by atoms with van der Waals surface area (Å²) in [4.78, 5) is 0. The molecule has 0 saturated heterocycles. The number of hydrogen-bond donors (Lipinski definition) is 1. The molecule has 0 amide bonds. The van der Waals surface area contributed by atoms with E-state index in [1.165, 1.54) is 30.4 Å². The van der Waals surface area contributed by atoms with Crippen LogP contribution in [0.3, 0.4) is 0 Å². The Labute approximate surface area is 123 Å². The molecule has 1 aliphatic rings. The average Bonchev–Trinajstić information content (AvgIpc) is 2.36.